The molecule has 23 heavy (non-hydrogen) atoms. The van der Waals surface area contributed by atoms with E-state index >= 15 is 0 Å². The number of hydrogen-bond acceptors (Lipinski definition) is 4. The van der Waals surface area contributed by atoms with Crippen molar-refractivity contribution in [1.82, 2.24) is 9.80 Å². The first-order valence-corrected chi connectivity index (χ1v) is 8.27. The van der Waals surface area contributed by atoms with E-state index in [0.717, 1.165) is 32.2 Å². The van der Waals surface area contributed by atoms with E-state index in [4.69, 9.17) is 9.15 Å². The third-order valence-corrected chi connectivity index (χ3v) is 5.13. The lowest BCUT2D eigenvalue weighted by atomic mass is 9.79. The van der Waals surface area contributed by atoms with Crippen molar-refractivity contribution >= 4 is 11.8 Å². The van der Waals surface area contributed by atoms with Crippen molar-refractivity contribution in [3.63, 3.8) is 0 Å². The van der Waals surface area contributed by atoms with Crippen LogP contribution in [0.15, 0.2) is 22.8 Å². The molecular weight excluding hydrogens is 296 g/mol. The molecule has 0 bridgehead atoms. The molecule has 3 rings (SSSR count). The Hall–Kier alpha value is -1.82. The van der Waals surface area contributed by atoms with Gasteiger partial charge in [-0.15, -0.1) is 0 Å². The van der Waals surface area contributed by atoms with Gasteiger partial charge in [0.05, 0.1) is 18.3 Å². The van der Waals surface area contributed by atoms with Crippen LogP contribution in [0, 0.1) is 5.41 Å². The zero-order valence-corrected chi connectivity index (χ0v) is 13.6. The fourth-order valence-electron chi connectivity index (χ4n) is 3.72. The first-order valence-electron chi connectivity index (χ1n) is 8.27. The van der Waals surface area contributed by atoms with Crippen molar-refractivity contribution in [1.29, 1.82) is 0 Å². The second kappa shape index (κ2) is 6.74. The number of rotatable bonds is 4. The van der Waals surface area contributed by atoms with Crippen LogP contribution in [0.2, 0.25) is 0 Å². The van der Waals surface area contributed by atoms with Crippen molar-refractivity contribution in [2.24, 2.45) is 5.41 Å². The third kappa shape index (κ3) is 3.13. The van der Waals surface area contributed by atoms with Crippen LogP contribution in [0.25, 0.3) is 0 Å². The average Bonchev–Trinajstić information content (AvgIpc) is 3.12. The van der Waals surface area contributed by atoms with E-state index in [1.165, 1.54) is 6.26 Å². The second-order valence-corrected chi connectivity index (χ2v) is 6.44. The molecular formula is C17H24N2O4. The topological polar surface area (TPSA) is 63.0 Å². The number of nitrogens with zero attached hydrogens (tertiary/aromatic N) is 2. The average molecular weight is 320 g/mol. The number of hydrogen-bond donors (Lipinski definition) is 0. The van der Waals surface area contributed by atoms with Gasteiger partial charge in [-0.05, 0) is 37.8 Å². The number of likely N-dealkylation sites (tertiary alicyclic amines) is 2. The van der Waals surface area contributed by atoms with Crippen LogP contribution in [0.3, 0.4) is 0 Å². The molecule has 1 spiro atoms. The van der Waals surface area contributed by atoms with Crippen molar-refractivity contribution in [3.8, 4) is 0 Å². The summed E-state index contributed by atoms with van der Waals surface area (Å²) in [5.41, 5.74) is -0.286. The van der Waals surface area contributed by atoms with Crippen LogP contribution < -0.4 is 0 Å². The molecule has 0 N–H and O–H groups in total. The van der Waals surface area contributed by atoms with Crippen molar-refractivity contribution < 1.29 is 18.7 Å². The molecule has 1 aromatic heterocycles. The highest BCUT2D eigenvalue weighted by molar-refractivity contribution is 5.91. The van der Waals surface area contributed by atoms with E-state index in [2.05, 4.69) is 0 Å². The molecule has 3 heterocycles. The number of carbonyl (C=O) groups excluding carboxylic acids is 2. The molecule has 6 nitrogen and oxygen atoms in total. The van der Waals surface area contributed by atoms with E-state index in [1.54, 1.807) is 19.2 Å². The van der Waals surface area contributed by atoms with Crippen LogP contribution in [-0.2, 0) is 9.53 Å². The summed E-state index contributed by atoms with van der Waals surface area (Å²) in [6, 6.07) is 3.41. The summed E-state index contributed by atoms with van der Waals surface area (Å²) in [6.45, 7) is 3.33. The molecule has 2 amide bonds. The maximum absolute atomic E-state index is 12.8. The Kier molecular flexibility index (Phi) is 4.71. The molecule has 1 atom stereocenters. The van der Waals surface area contributed by atoms with Crippen LogP contribution in [0.1, 0.15) is 36.2 Å². The molecule has 2 aliphatic heterocycles. The standard InChI is InChI=1S/C17H24N2O4/c1-22-13-11-19-10-7-17(16(19)21)5-3-8-18(9-6-17)15(20)14-4-2-12-23-14/h2,4,12H,3,5-11,13H2,1H3/t17-/m0/s1. The Labute approximate surface area is 136 Å². The van der Waals surface area contributed by atoms with Gasteiger partial charge in [-0.25, -0.2) is 0 Å². The largest absolute Gasteiger partial charge is 0.459 e. The lowest BCUT2D eigenvalue weighted by Gasteiger charge is -2.26. The summed E-state index contributed by atoms with van der Waals surface area (Å²) < 4.78 is 10.3. The van der Waals surface area contributed by atoms with Gasteiger partial charge in [-0.1, -0.05) is 0 Å². The Bertz CT molecular complexity index is 557. The fraction of sp³-hybridized carbons (Fsp3) is 0.647. The van der Waals surface area contributed by atoms with Gasteiger partial charge < -0.3 is 19.0 Å². The Morgan fingerprint density at radius 1 is 1.30 bits per heavy atom. The van der Waals surface area contributed by atoms with E-state index in [-0.39, 0.29) is 17.2 Å². The molecule has 0 aliphatic carbocycles. The van der Waals surface area contributed by atoms with E-state index in [9.17, 15) is 9.59 Å². The second-order valence-electron chi connectivity index (χ2n) is 6.44. The maximum atomic E-state index is 12.8. The fourth-order valence-corrected chi connectivity index (χ4v) is 3.72. The van der Waals surface area contributed by atoms with Gasteiger partial charge in [0.1, 0.15) is 0 Å². The van der Waals surface area contributed by atoms with E-state index in [1.807, 2.05) is 9.80 Å². The van der Waals surface area contributed by atoms with Gasteiger partial charge >= 0.3 is 0 Å². The van der Waals surface area contributed by atoms with Gasteiger partial charge in [-0.3, -0.25) is 9.59 Å². The monoisotopic (exact) mass is 320 g/mol. The molecule has 0 radical (unpaired) electrons. The number of ether oxygens (including phenoxy) is 1. The predicted molar refractivity (Wildman–Crippen MR) is 84.0 cm³/mol. The number of furan rings is 1. The van der Waals surface area contributed by atoms with Gasteiger partial charge in [-0.2, -0.15) is 0 Å². The molecule has 6 heteroatoms. The van der Waals surface area contributed by atoms with Gasteiger partial charge in [0, 0.05) is 33.3 Å². The minimum atomic E-state index is -0.286. The SMILES string of the molecule is COCCN1CC[C@@]2(CCCN(C(=O)c3ccco3)CC2)C1=O. The molecule has 126 valence electrons. The third-order valence-electron chi connectivity index (χ3n) is 5.13. The first kappa shape index (κ1) is 16.1. The molecule has 0 unspecified atom stereocenters. The van der Waals surface area contributed by atoms with Crippen LogP contribution >= 0.6 is 0 Å². The maximum Gasteiger partial charge on any atom is 0.289 e. The molecule has 0 saturated carbocycles. The van der Waals surface area contributed by atoms with Crippen molar-refractivity contribution in [2.75, 3.05) is 39.9 Å². The number of carbonyl (C=O) groups is 2. The zero-order chi connectivity index (χ0) is 16.3. The summed E-state index contributed by atoms with van der Waals surface area (Å²) in [6.07, 6.45) is 4.86. The van der Waals surface area contributed by atoms with Crippen molar-refractivity contribution in [2.45, 2.75) is 25.7 Å². The summed E-state index contributed by atoms with van der Waals surface area (Å²) in [7, 11) is 1.65. The van der Waals surface area contributed by atoms with Crippen molar-refractivity contribution in [3.05, 3.63) is 24.2 Å². The minimum absolute atomic E-state index is 0.0752. The first-order chi connectivity index (χ1) is 11.2. The molecule has 0 aromatic carbocycles. The Balaban J connectivity index is 1.64. The predicted octanol–water partition coefficient (Wildman–Crippen LogP) is 1.77. The highest BCUT2D eigenvalue weighted by Gasteiger charge is 2.47. The zero-order valence-electron chi connectivity index (χ0n) is 13.6. The normalized spacial score (nSPS) is 25.2. The number of methoxy groups -OCH3 is 1. The molecule has 2 fully saturated rings. The quantitative estimate of drug-likeness (QED) is 0.848. The van der Waals surface area contributed by atoms with E-state index < -0.39 is 0 Å². The van der Waals surface area contributed by atoms with Gasteiger partial charge in [0.15, 0.2) is 5.76 Å². The van der Waals surface area contributed by atoms with Gasteiger partial charge in [0.25, 0.3) is 5.91 Å². The highest BCUT2D eigenvalue weighted by atomic mass is 16.5. The highest BCUT2D eigenvalue weighted by Crippen LogP contribution is 2.41. The van der Waals surface area contributed by atoms with Crippen LogP contribution in [0.4, 0.5) is 0 Å². The summed E-state index contributed by atoms with van der Waals surface area (Å²) in [5, 5.41) is 0. The summed E-state index contributed by atoms with van der Waals surface area (Å²) in [4.78, 5) is 28.9. The van der Waals surface area contributed by atoms with E-state index in [0.29, 0.717) is 32.0 Å². The van der Waals surface area contributed by atoms with Gasteiger partial charge in [0.2, 0.25) is 5.91 Å². The smallest absolute Gasteiger partial charge is 0.289 e. The Morgan fingerprint density at radius 3 is 2.87 bits per heavy atom. The van der Waals surface area contributed by atoms with Crippen LogP contribution in [0.5, 0.6) is 0 Å². The molecule has 2 aliphatic rings. The Morgan fingerprint density at radius 2 is 2.13 bits per heavy atom. The minimum Gasteiger partial charge on any atom is -0.459 e. The number of amides is 2. The summed E-state index contributed by atoms with van der Waals surface area (Å²) in [5.74, 6) is 0.538. The summed E-state index contributed by atoms with van der Waals surface area (Å²) >= 11 is 0. The molecule has 1 aromatic rings. The lowest BCUT2D eigenvalue weighted by Crippen LogP contribution is -2.37. The lowest BCUT2D eigenvalue weighted by molar-refractivity contribution is -0.137. The van der Waals surface area contributed by atoms with Crippen LogP contribution in [-0.4, -0.2) is 61.5 Å². The molecule has 2 saturated heterocycles.